The van der Waals surface area contributed by atoms with Gasteiger partial charge < -0.3 is 0 Å². The van der Waals surface area contributed by atoms with Crippen LogP contribution in [0.3, 0.4) is 0 Å². The van der Waals surface area contributed by atoms with E-state index in [0.29, 0.717) is 29.0 Å². The fourth-order valence-electron chi connectivity index (χ4n) is 3.64. The topological polar surface area (TPSA) is 76.8 Å². The monoisotopic (exact) mass is 460 g/mol. The van der Waals surface area contributed by atoms with Crippen LogP contribution < -0.4 is 0 Å². The van der Waals surface area contributed by atoms with E-state index in [-0.39, 0.29) is 12.1 Å². The van der Waals surface area contributed by atoms with Crippen molar-refractivity contribution in [2.75, 3.05) is 6.54 Å². The van der Waals surface area contributed by atoms with E-state index in [1.54, 1.807) is 36.0 Å². The third-order valence-corrected chi connectivity index (χ3v) is 5.75. The summed E-state index contributed by atoms with van der Waals surface area (Å²) in [7, 11) is 0. The van der Waals surface area contributed by atoms with Gasteiger partial charge in [0, 0.05) is 35.5 Å². The van der Waals surface area contributed by atoms with E-state index in [1.807, 2.05) is 24.3 Å². The molecule has 0 spiro atoms. The summed E-state index contributed by atoms with van der Waals surface area (Å²) in [4.78, 5) is 21.2. The number of fused-ring (bicyclic) bond motifs is 2. The molecule has 5 aromatic rings. The summed E-state index contributed by atoms with van der Waals surface area (Å²) in [6, 6.07) is 17.8. The Morgan fingerprint density at radius 3 is 2.76 bits per heavy atom. The smallest absolute Gasteiger partial charge is 0.268 e. The van der Waals surface area contributed by atoms with Crippen LogP contribution in [0, 0.1) is 5.82 Å². The number of nitrogens with zero attached hydrogens (tertiary/aromatic N) is 6. The lowest BCUT2D eigenvalue weighted by Crippen LogP contribution is -2.22. The molecule has 0 aliphatic rings. The summed E-state index contributed by atoms with van der Waals surface area (Å²) in [5, 5.41) is 9.47. The lowest BCUT2D eigenvalue weighted by molar-refractivity contribution is 0.0864. The van der Waals surface area contributed by atoms with Crippen molar-refractivity contribution in [1.29, 1.82) is 0 Å². The summed E-state index contributed by atoms with van der Waals surface area (Å²) >= 11 is 5.83. The van der Waals surface area contributed by atoms with Gasteiger partial charge in [-0.05, 0) is 55.0 Å². The molecule has 0 unspecified atom stereocenters. The van der Waals surface area contributed by atoms with Gasteiger partial charge in [-0.1, -0.05) is 23.4 Å². The largest absolute Gasteiger partial charge is 0.271 e. The molecule has 33 heavy (non-hydrogen) atoms. The van der Waals surface area contributed by atoms with E-state index >= 15 is 0 Å². The van der Waals surface area contributed by atoms with Gasteiger partial charge in [0.25, 0.3) is 5.91 Å². The molecular formula is C24H18ClFN6O. The van der Waals surface area contributed by atoms with Crippen LogP contribution in [0.4, 0.5) is 4.39 Å². The van der Waals surface area contributed by atoms with Gasteiger partial charge >= 0.3 is 0 Å². The van der Waals surface area contributed by atoms with E-state index in [9.17, 15) is 9.18 Å². The molecule has 0 radical (unpaired) electrons. The number of hydrogen-bond acceptors (Lipinski definition) is 5. The zero-order chi connectivity index (χ0) is 22.9. The Morgan fingerprint density at radius 2 is 1.94 bits per heavy atom. The van der Waals surface area contributed by atoms with E-state index < -0.39 is 11.7 Å². The number of pyridine rings is 2. The van der Waals surface area contributed by atoms with Crippen molar-refractivity contribution < 1.29 is 9.18 Å². The molecule has 3 heterocycles. The Hall–Kier alpha value is -3.91. The lowest BCUT2D eigenvalue weighted by atomic mass is 10.1. The van der Waals surface area contributed by atoms with Gasteiger partial charge in [0.15, 0.2) is 5.65 Å². The molecule has 164 valence electrons. The molecule has 0 bridgehead atoms. The van der Waals surface area contributed by atoms with Crippen LogP contribution in [0.5, 0.6) is 0 Å². The Kier molecular flexibility index (Phi) is 5.43. The van der Waals surface area contributed by atoms with Crippen molar-refractivity contribution in [3.63, 3.8) is 0 Å². The maximum Gasteiger partial charge on any atom is 0.271 e. The number of rotatable bonds is 5. The first kappa shape index (κ1) is 21.0. The van der Waals surface area contributed by atoms with Gasteiger partial charge in [0.1, 0.15) is 11.3 Å². The van der Waals surface area contributed by atoms with Crippen LogP contribution in [-0.2, 0) is 6.54 Å². The minimum atomic E-state index is -0.657. The van der Waals surface area contributed by atoms with Gasteiger partial charge in [-0.25, -0.2) is 14.1 Å². The van der Waals surface area contributed by atoms with Gasteiger partial charge in [-0.3, -0.25) is 14.2 Å². The number of hydrogen-bond donors (Lipinski definition) is 0. The Balaban J connectivity index is 1.48. The summed E-state index contributed by atoms with van der Waals surface area (Å²) < 4.78 is 17.3. The van der Waals surface area contributed by atoms with E-state index in [2.05, 4.69) is 26.3 Å². The predicted molar refractivity (Wildman–Crippen MR) is 124 cm³/mol. The molecule has 7 nitrogen and oxygen atoms in total. The molecule has 2 aromatic carbocycles. The average Bonchev–Trinajstić information content (AvgIpc) is 3.24. The molecule has 0 saturated heterocycles. The first-order chi connectivity index (χ1) is 16.0. The molecule has 5 rings (SSSR count). The van der Waals surface area contributed by atoms with Crippen molar-refractivity contribution >= 4 is 39.8 Å². The number of carbonyl (C=O) groups excluding carboxylic acids is 1. The Bertz CT molecular complexity index is 1500. The maximum absolute atomic E-state index is 14.7. The third-order valence-electron chi connectivity index (χ3n) is 5.35. The second kappa shape index (κ2) is 8.55. The number of aromatic nitrogens is 5. The minimum absolute atomic E-state index is 0.0887. The van der Waals surface area contributed by atoms with E-state index in [1.165, 1.54) is 12.1 Å². The normalized spacial score (nSPS) is 11.2. The first-order valence-electron chi connectivity index (χ1n) is 10.3. The van der Waals surface area contributed by atoms with Gasteiger partial charge in [-0.2, -0.15) is 0 Å². The molecule has 9 heteroatoms. The molecule has 0 fully saturated rings. The lowest BCUT2D eigenvalue weighted by Gasteiger charge is -2.12. The predicted octanol–water partition coefficient (Wildman–Crippen LogP) is 4.84. The molecule has 0 saturated carbocycles. The van der Waals surface area contributed by atoms with Crippen LogP contribution in [0.1, 0.15) is 22.8 Å². The molecule has 0 aliphatic carbocycles. The van der Waals surface area contributed by atoms with Crippen molar-refractivity contribution in [3.8, 4) is 11.3 Å². The summed E-state index contributed by atoms with van der Waals surface area (Å²) in [5.74, 6) is -1.24. The number of halogens is 2. The Morgan fingerprint density at radius 1 is 1.09 bits per heavy atom. The fourth-order valence-corrected chi connectivity index (χ4v) is 3.73. The van der Waals surface area contributed by atoms with Gasteiger partial charge in [0.2, 0.25) is 0 Å². The van der Waals surface area contributed by atoms with Crippen molar-refractivity contribution in [3.05, 3.63) is 83.8 Å². The highest BCUT2D eigenvalue weighted by molar-refractivity contribution is 6.24. The molecule has 0 aliphatic heterocycles. The molecule has 1 amide bonds. The van der Waals surface area contributed by atoms with E-state index in [0.717, 1.165) is 20.9 Å². The minimum Gasteiger partial charge on any atom is -0.268 e. The number of carbonyl (C=O) groups is 1. The highest BCUT2D eigenvalue weighted by atomic mass is 35.5. The van der Waals surface area contributed by atoms with Crippen LogP contribution in [0.2, 0.25) is 0 Å². The molecule has 3 aromatic heterocycles. The Labute approximate surface area is 193 Å². The quantitative estimate of drug-likeness (QED) is 0.350. The van der Waals surface area contributed by atoms with Gasteiger partial charge in [0.05, 0.1) is 23.3 Å². The van der Waals surface area contributed by atoms with Crippen molar-refractivity contribution in [2.24, 2.45) is 0 Å². The number of amides is 1. The zero-order valence-electron chi connectivity index (χ0n) is 17.6. The SMILES string of the molecule is CCN(Cl)C(=O)c1ccc(-c2ccc3nnn(Cc4ccc5ncccc5c4)c3n2)cc1F. The highest BCUT2D eigenvalue weighted by Gasteiger charge is 2.18. The second-order valence-corrected chi connectivity index (χ2v) is 7.90. The number of benzene rings is 2. The maximum atomic E-state index is 14.7. The van der Waals surface area contributed by atoms with Crippen LogP contribution in [0.15, 0.2) is 66.9 Å². The highest BCUT2D eigenvalue weighted by Crippen LogP contribution is 2.24. The summed E-state index contributed by atoms with van der Waals surface area (Å²) in [6.07, 6.45) is 1.76. The summed E-state index contributed by atoms with van der Waals surface area (Å²) in [6.45, 7) is 2.45. The molecule has 0 N–H and O–H groups in total. The first-order valence-corrected chi connectivity index (χ1v) is 10.7. The van der Waals surface area contributed by atoms with Crippen LogP contribution in [0.25, 0.3) is 33.3 Å². The second-order valence-electron chi connectivity index (χ2n) is 7.49. The molecular weight excluding hydrogens is 443 g/mol. The average molecular weight is 461 g/mol. The standard InChI is InChI=1S/C24H18ClFN6O/c1-2-31(25)24(33)18-7-6-17(13-19(18)26)21-9-10-22-23(28-21)32(30-29-22)14-15-5-8-20-16(12-15)4-3-11-27-20/h3-13H,2,14H2,1H3. The van der Waals surface area contributed by atoms with E-state index in [4.69, 9.17) is 11.8 Å². The third kappa shape index (κ3) is 4.01. The van der Waals surface area contributed by atoms with Gasteiger partial charge in [-0.15, -0.1) is 5.10 Å². The van der Waals surface area contributed by atoms with Crippen molar-refractivity contribution in [2.45, 2.75) is 13.5 Å². The molecule has 0 atom stereocenters. The van der Waals surface area contributed by atoms with Crippen molar-refractivity contribution in [1.82, 2.24) is 29.4 Å². The van der Waals surface area contributed by atoms with Crippen LogP contribution >= 0.6 is 11.8 Å². The fraction of sp³-hybridized carbons (Fsp3) is 0.125. The zero-order valence-corrected chi connectivity index (χ0v) is 18.4. The van der Waals surface area contributed by atoms with Crippen LogP contribution in [-0.4, -0.2) is 41.8 Å². The summed E-state index contributed by atoms with van der Waals surface area (Å²) in [5.41, 5.74) is 4.16.